The molecule has 3 rings (SSSR count). The summed E-state index contributed by atoms with van der Waals surface area (Å²) in [5.74, 6) is 0.917. The van der Waals surface area contributed by atoms with Gasteiger partial charge in [0.1, 0.15) is 5.82 Å². The zero-order valence-electron chi connectivity index (χ0n) is 11.0. The van der Waals surface area contributed by atoms with Gasteiger partial charge in [-0.15, -0.1) is 0 Å². The van der Waals surface area contributed by atoms with Crippen molar-refractivity contribution in [2.75, 3.05) is 6.54 Å². The highest BCUT2D eigenvalue weighted by Crippen LogP contribution is 2.21. The number of aromatic nitrogens is 2. The molecule has 0 radical (unpaired) electrons. The van der Waals surface area contributed by atoms with Gasteiger partial charge in [-0.3, -0.25) is 0 Å². The summed E-state index contributed by atoms with van der Waals surface area (Å²) < 4.78 is 0. The maximum absolute atomic E-state index is 5.56. The molecule has 3 nitrogen and oxygen atoms in total. The highest BCUT2D eigenvalue weighted by Gasteiger charge is 2.05. The third kappa shape index (κ3) is 2.37. The van der Waals surface area contributed by atoms with Gasteiger partial charge in [-0.1, -0.05) is 30.3 Å². The fourth-order valence-corrected chi connectivity index (χ4v) is 2.26. The zero-order chi connectivity index (χ0) is 13.2. The Labute approximate surface area is 112 Å². The highest BCUT2D eigenvalue weighted by molar-refractivity contribution is 5.79. The van der Waals surface area contributed by atoms with E-state index in [1.54, 1.807) is 0 Å². The Kier molecular flexibility index (Phi) is 3.05. The van der Waals surface area contributed by atoms with E-state index in [1.807, 2.05) is 6.07 Å². The van der Waals surface area contributed by atoms with Crippen LogP contribution in [-0.4, -0.2) is 16.5 Å². The highest BCUT2D eigenvalue weighted by atomic mass is 14.9. The Morgan fingerprint density at radius 2 is 1.89 bits per heavy atom. The molecule has 0 atom stereocenters. The molecule has 3 heteroatoms. The fourth-order valence-electron chi connectivity index (χ4n) is 2.26. The molecular weight excluding hydrogens is 234 g/mol. The van der Waals surface area contributed by atoms with Crippen LogP contribution in [-0.2, 0) is 6.42 Å². The van der Waals surface area contributed by atoms with Crippen LogP contribution in [0.1, 0.15) is 11.1 Å². The number of benzene rings is 2. The molecule has 3 aromatic rings. The number of nitrogens with zero attached hydrogens (tertiary/aromatic N) is 1. The van der Waals surface area contributed by atoms with Crippen LogP contribution in [0.4, 0.5) is 0 Å². The van der Waals surface area contributed by atoms with Gasteiger partial charge in [0.25, 0.3) is 0 Å². The first-order chi connectivity index (χ1) is 9.26. The number of imidazole rings is 1. The van der Waals surface area contributed by atoms with E-state index < -0.39 is 0 Å². The first-order valence-corrected chi connectivity index (χ1v) is 6.52. The second-order valence-corrected chi connectivity index (χ2v) is 4.84. The molecule has 0 saturated heterocycles. The summed E-state index contributed by atoms with van der Waals surface area (Å²) in [4.78, 5) is 7.99. The van der Waals surface area contributed by atoms with E-state index in [-0.39, 0.29) is 0 Å². The maximum Gasteiger partial charge on any atom is 0.138 e. The summed E-state index contributed by atoms with van der Waals surface area (Å²) >= 11 is 0. The van der Waals surface area contributed by atoms with Gasteiger partial charge >= 0.3 is 0 Å². The minimum absolute atomic E-state index is 0.684. The summed E-state index contributed by atoms with van der Waals surface area (Å²) in [6.45, 7) is 2.77. The predicted octanol–water partition coefficient (Wildman–Crippen LogP) is 3.04. The normalized spacial score (nSPS) is 11.1. The maximum atomic E-state index is 5.56. The summed E-state index contributed by atoms with van der Waals surface area (Å²) in [6, 6.07) is 14.7. The van der Waals surface area contributed by atoms with Crippen LogP contribution in [0.2, 0.25) is 0 Å². The topological polar surface area (TPSA) is 54.7 Å². The molecule has 0 saturated carbocycles. The van der Waals surface area contributed by atoms with Crippen molar-refractivity contribution in [2.45, 2.75) is 13.3 Å². The van der Waals surface area contributed by atoms with Gasteiger partial charge in [-0.2, -0.15) is 0 Å². The van der Waals surface area contributed by atoms with Crippen molar-refractivity contribution in [1.29, 1.82) is 0 Å². The Hall–Kier alpha value is -2.13. The van der Waals surface area contributed by atoms with Crippen molar-refractivity contribution in [2.24, 2.45) is 5.73 Å². The van der Waals surface area contributed by atoms with E-state index >= 15 is 0 Å². The van der Waals surface area contributed by atoms with Crippen LogP contribution in [0.3, 0.4) is 0 Å². The van der Waals surface area contributed by atoms with Gasteiger partial charge in [-0.25, -0.2) is 4.98 Å². The first kappa shape index (κ1) is 11.9. The Bertz CT molecular complexity index is 696. The van der Waals surface area contributed by atoms with Crippen molar-refractivity contribution in [1.82, 2.24) is 9.97 Å². The Morgan fingerprint density at radius 3 is 2.63 bits per heavy atom. The number of H-pyrrole nitrogens is 1. The minimum atomic E-state index is 0.684. The smallest absolute Gasteiger partial charge is 0.138 e. The summed E-state index contributed by atoms with van der Waals surface area (Å²) in [5, 5.41) is 0. The second kappa shape index (κ2) is 4.86. The lowest BCUT2D eigenvalue weighted by atomic mass is 10.1. The molecule has 0 aliphatic heterocycles. The lowest BCUT2D eigenvalue weighted by molar-refractivity contribution is 0.969. The van der Waals surface area contributed by atoms with Crippen LogP contribution in [0.25, 0.3) is 22.4 Å². The first-order valence-electron chi connectivity index (χ1n) is 6.52. The van der Waals surface area contributed by atoms with E-state index in [4.69, 9.17) is 5.73 Å². The standard InChI is InChI=1S/C16H17N3/c1-11-2-7-14-15(10-11)19-16(18-14)13-5-3-12(4-6-13)8-9-17/h2-7,10H,8-9,17H2,1H3,(H,18,19). The lowest BCUT2D eigenvalue weighted by Gasteiger charge is -2.00. The molecule has 0 fully saturated rings. The number of nitrogens with two attached hydrogens (primary N) is 1. The van der Waals surface area contributed by atoms with Crippen LogP contribution in [0.5, 0.6) is 0 Å². The zero-order valence-corrected chi connectivity index (χ0v) is 11.0. The number of rotatable bonds is 3. The van der Waals surface area contributed by atoms with Crippen LogP contribution < -0.4 is 5.73 Å². The SMILES string of the molecule is Cc1ccc2nc(-c3ccc(CCN)cc3)[nH]c2c1. The van der Waals surface area contributed by atoms with Gasteiger partial charge in [0.15, 0.2) is 0 Å². The Balaban J connectivity index is 1.99. The predicted molar refractivity (Wildman–Crippen MR) is 79.0 cm³/mol. The molecule has 19 heavy (non-hydrogen) atoms. The molecule has 2 aromatic carbocycles. The lowest BCUT2D eigenvalue weighted by Crippen LogP contribution is -2.02. The summed E-state index contributed by atoms with van der Waals surface area (Å²) in [7, 11) is 0. The number of aryl methyl sites for hydroxylation is 1. The largest absolute Gasteiger partial charge is 0.338 e. The number of aromatic amines is 1. The third-order valence-electron chi connectivity index (χ3n) is 3.30. The van der Waals surface area contributed by atoms with Gasteiger partial charge in [-0.05, 0) is 43.1 Å². The van der Waals surface area contributed by atoms with E-state index in [2.05, 4.69) is 53.3 Å². The van der Waals surface area contributed by atoms with E-state index in [0.717, 1.165) is 28.8 Å². The molecule has 1 aromatic heterocycles. The van der Waals surface area contributed by atoms with Crippen molar-refractivity contribution < 1.29 is 0 Å². The van der Waals surface area contributed by atoms with Crippen LogP contribution in [0.15, 0.2) is 42.5 Å². The summed E-state index contributed by atoms with van der Waals surface area (Å²) in [6.07, 6.45) is 0.916. The molecule has 0 aliphatic carbocycles. The van der Waals surface area contributed by atoms with E-state index in [1.165, 1.54) is 11.1 Å². The van der Waals surface area contributed by atoms with E-state index in [0.29, 0.717) is 6.54 Å². The Morgan fingerprint density at radius 1 is 1.11 bits per heavy atom. The van der Waals surface area contributed by atoms with Crippen molar-refractivity contribution in [3.8, 4) is 11.4 Å². The molecule has 0 unspecified atom stereocenters. The molecule has 96 valence electrons. The average molecular weight is 251 g/mol. The van der Waals surface area contributed by atoms with Crippen molar-refractivity contribution in [3.05, 3.63) is 53.6 Å². The third-order valence-corrected chi connectivity index (χ3v) is 3.30. The van der Waals surface area contributed by atoms with Gasteiger partial charge in [0.05, 0.1) is 11.0 Å². The number of hydrogen-bond donors (Lipinski definition) is 2. The molecule has 0 amide bonds. The molecule has 1 heterocycles. The minimum Gasteiger partial charge on any atom is -0.338 e. The number of fused-ring (bicyclic) bond motifs is 1. The molecule has 0 spiro atoms. The fraction of sp³-hybridized carbons (Fsp3) is 0.188. The van der Waals surface area contributed by atoms with E-state index in [9.17, 15) is 0 Å². The monoisotopic (exact) mass is 251 g/mol. The molecule has 3 N–H and O–H groups in total. The van der Waals surface area contributed by atoms with Gasteiger partial charge in [0, 0.05) is 5.56 Å². The number of hydrogen-bond acceptors (Lipinski definition) is 2. The molecule has 0 bridgehead atoms. The average Bonchev–Trinajstić information content (AvgIpc) is 2.83. The molecule has 0 aliphatic rings. The van der Waals surface area contributed by atoms with Gasteiger partial charge in [0.2, 0.25) is 0 Å². The van der Waals surface area contributed by atoms with Gasteiger partial charge < -0.3 is 10.7 Å². The number of nitrogens with one attached hydrogen (secondary N) is 1. The molecular formula is C16H17N3. The quantitative estimate of drug-likeness (QED) is 0.751. The van der Waals surface area contributed by atoms with Crippen LogP contribution >= 0.6 is 0 Å². The van der Waals surface area contributed by atoms with Crippen molar-refractivity contribution in [3.63, 3.8) is 0 Å². The summed E-state index contributed by atoms with van der Waals surface area (Å²) in [5.41, 5.74) is 11.3. The van der Waals surface area contributed by atoms with Crippen molar-refractivity contribution >= 4 is 11.0 Å². The second-order valence-electron chi connectivity index (χ2n) is 4.84. The van der Waals surface area contributed by atoms with Crippen LogP contribution in [0, 0.1) is 6.92 Å².